The number of aromatic nitrogens is 3. The highest BCUT2D eigenvalue weighted by molar-refractivity contribution is 14.1. The highest BCUT2D eigenvalue weighted by Crippen LogP contribution is 2.36. The third-order valence-corrected chi connectivity index (χ3v) is 6.94. The fourth-order valence-corrected chi connectivity index (χ4v) is 5.09. The van der Waals surface area contributed by atoms with Gasteiger partial charge in [-0.15, -0.1) is 11.3 Å². The molecular formula is C24H19IN6O2S. The first-order valence-corrected chi connectivity index (χ1v) is 12.4. The number of rotatable bonds is 7. The van der Waals surface area contributed by atoms with Gasteiger partial charge in [-0.05, 0) is 34.7 Å². The van der Waals surface area contributed by atoms with Gasteiger partial charge in [0.15, 0.2) is 10.9 Å². The SMILES string of the molecule is O=C(Nc1ccccc1)Nc1ncc(CCNc2ncnc3oc(-c4ccccc4)c(I)c23)s1. The quantitative estimate of drug-likeness (QED) is 0.196. The van der Waals surface area contributed by atoms with Crippen LogP contribution < -0.4 is 16.0 Å². The van der Waals surface area contributed by atoms with Crippen molar-refractivity contribution in [3.05, 3.63) is 81.6 Å². The molecule has 3 aromatic heterocycles. The van der Waals surface area contributed by atoms with Crippen LogP contribution in [0.3, 0.4) is 0 Å². The maximum atomic E-state index is 12.2. The summed E-state index contributed by atoms with van der Waals surface area (Å²) >= 11 is 3.72. The van der Waals surface area contributed by atoms with E-state index in [4.69, 9.17) is 4.42 Å². The largest absolute Gasteiger partial charge is 0.436 e. The van der Waals surface area contributed by atoms with Gasteiger partial charge >= 0.3 is 6.03 Å². The van der Waals surface area contributed by atoms with Crippen molar-refractivity contribution in [3.8, 4) is 11.3 Å². The van der Waals surface area contributed by atoms with Gasteiger partial charge in [-0.3, -0.25) is 5.32 Å². The van der Waals surface area contributed by atoms with Gasteiger partial charge in [0, 0.05) is 35.3 Å². The molecule has 0 aliphatic carbocycles. The lowest BCUT2D eigenvalue weighted by Crippen LogP contribution is -2.19. The molecule has 0 aliphatic heterocycles. The van der Waals surface area contributed by atoms with E-state index in [1.54, 1.807) is 6.20 Å². The predicted octanol–water partition coefficient (Wildman–Crippen LogP) is 6.25. The molecule has 0 bridgehead atoms. The lowest BCUT2D eigenvalue weighted by atomic mass is 10.2. The Bertz CT molecular complexity index is 1420. The Balaban J connectivity index is 1.22. The van der Waals surface area contributed by atoms with Gasteiger partial charge in [-0.2, -0.15) is 0 Å². The molecule has 0 unspecified atom stereocenters. The summed E-state index contributed by atoms with van der Waals surface area (Å²) in [6, 6.07) is 18.9. The topological polar surface area (TPSA) is 105 Å². The molecular weight excluding hydrogens is 563 g/mol. The zero-order chi connectivity index (χ0) is 23.3. The molecule has 5 aromatic rings. The summed E-state index contributed by atoms with van der Waals surface area (Å²) in [7, 11) is 0. The fourth-order valence-electron chi connectivity index (χ4n) is 3.37. The predicted molar refractivity (Wildman–Crippen MR) is 143 cm³/mol. The molecule has 5 rings (SSSR count). The summed E-state index contributed by atoms with van der Waals surface area (Å²) in [4.78, 5) is 26.2. The number of furan rings is 1. The smallest absolute Gasteiger partial charge is 0.325 e. The summed E-state index contributed by atoms with van der Waals surface area (Å²) < 4.78 is 6.99. The second-order valence-corrected chi connectivity index (χ2v) is 9.46. The van der Waals surface area contributed by atoms with E-state index in [9.17, 15) is 4.79 Å². The van der Waals surface area contributed by atoms with E-state index in [0.29, 0.717) is 17.4 Å². The number of para-hydroxylation sites is 1. The van der Waals surface area contributed by atoms with Crippen molar-refractivity contribution >= 4 is 67.7 Å². The van der Waals surface area contributed by atoms with Crippen LogP contribution >= 0.6 is 33.9 Å². The minimum atomic E-state index is -0.322. The van der Waals surface area contributed by atoms with E-state index >= 15 is 0 Å². The summed E-state index contributed by atoms with van der Waals surface area (Å²) in [5.74, 6) is 1.51. The Hall–Kier alpha value is -3.51. The minimum absolute atomic E-state index is 0.322. The monoisotopic (exact) mass is 582 g/mol. The number of fused-ring (bicyclic) bond motifs is 1. The van der Waals surface area contributed by atoms with Crippen LogP contribution in [0.4, 0.5) is 21.4 Å². The molecule has 0 aliphatic rings. The van der Waals surface area contributed by atoms with Crippen molar-refractivity contribution in [1.82, 2.24) is 15.0 Å². The molecule has 2 amide bonds. The Labute approximate surface area is 213 Å². The van der Waals surface area contributed by atoms with Crippen molar-refractivity contribution in [2.75, 3.05) is 22.5 Å². The number of carbonyl (C=O) groups is 1. The van der Waals surface area contributed by atoms with Crippen LogP contribution in [0, 0.1) is 3.57 Å². The second kappa shape index (κ2) is 10.2. The zero-order valence-corrected chi connectivity index (χ0v) is 20.8. The Morgan fingerprint density at radius 3 is 2.53 bits per heavy atom. The van der Waals surface area contributed by atoms with E-state index in [-0.39, 0.29) is 6.03 Å². The molecule has 170 valence electrons. The van der Waals surface area contributed by atoms with Crippen LogP contribution in [0.1, 0.15) is 4.88 Å². The summed E-state index contributed by atoms with van der Waals surface area (Å²) in [6.45, 7) is 0.645. The van der Waals surface area contributed by atoms with Gasteiger partial charge in [0.05, 0.1) is 8.96 Å². The van der Waals surface area contributed by atoms with Gasteiger partial charge < -0.3 is 15.1 Å². The molecule has 10 heteroatoms. The van der Waals surface area contributed by atoms with Crippen molar-refractivity contribution < 1.29 is 9.21 Å². The number of thiazole rings is 1. The van der Waals surface area contributed by atoms with E-state index in [2.05, 4.69) is 53.5 Å². The average molecular weight is 582 g/mol. The number of hydrogen-bond acceptors (Lipinski definition) is 7. The molecule has 0 radical (unpaired) electrons. The first-order chi connectivity index (χ1) is 16.7. The summed E-state index contributed by atoms with van der Waals surface area (Å²) in [5.41, 5.74) is 2.27. The highest BCUT2D eigenvalue weighted by Gasteiger charge is 2.18. The first kappa shape index (κ1) is 22.3. The molecule has 3 heterocycles. The van der Waals surface area contributed by atoms with Crippen molar-refractivity contribution in [1.29, 1.82) is 0 Å². The highest BCUT2D eigenvalue weighted by atomic mass is 127. The standard InChI is InChI=1S/C24H19IN6O2S/c25-19-18-21(28-14-29-22(18)33-20(19)15-7-3-1-4-8-15)26-12-11-17-13-27-24(34-17)31-23(32)30-16-9-5-2-6-10-16/h1-10,13-14H,11-12H2,(H,26,28,29)(H2,27,30,31,32). The summed E-state index contributed by atoms with van der Waals surface area (Å²) in [5, 5.41) is 10.4. The van der Waals surface area contributed by atoms with Crippen molar-refractivity contribution in [2.45, 2.75) is 6.42 Å². The molecule has 0 fully saturated rings. The van der Waals surface area contributed by atoms with Crippen molar-refractivity contribution in [3.63, 3.8) is 0 Å². The molecule has 0 spiro atoms. The Morgan fingerprint density at radius 1 is 0.971 bits per heavy atom. The van der Waals surface area contributed by atoms with E-state index in [1.807, 2.05) is 60.7 Å². The molecule has 8 nitrogen and oxygen atoms in total. The molecule has 34 heavy (non-hydrogen) atoms. The number of nitrogens with zero attached hydrogens (tertiary/aromatic N) is 3. The van der Waals surface area contributed by atoms with Gasteiger partial charge in [0.2, 0.25) is 5.71 Å². The van der Waals surface area contributed by atoms with E-state index in [0.717, 1.165) is 43.1 Å². The third-order valence-electron chi connectivity index (χ3n) is 4.94. The molecule has 0 atom stereocenters. The number of carbonyl (C=O) groups excluding carboxylic acids is 1. The lowest BCUT2D eigenvalue weighted by molar-refractivity contribution is 0.262. The van der Waals surface area contributed by atoms with Crippen LogP contribution in [-0.2, 0) is 6.42 Å². The van der Waals surface area contributed by atoms with Crippen LogP contribution in [-0.4, -0.2) is 27.5 Å². The normalized spacial score (nSPS) is 10.9. The van der Waals surface area contributed by atoms with E-state index in [1.165, 1.54) is 17.7 Å². The number of nitrogens with one attached hydrogen (secondary N) is 3. The lowest BCUT2D eigenvalue weighted by Gasteiger charge is -2.05. The van der Waals surface area contributed by atoms with Gasteiger partial charge in [-0.1, -0.05) is 48.5 Å². The minimum Gasteiger partial charge on any atom is -0.436 e. The number of halogens is 1. The first-order valence-electron chi connectivity index (χ1n) is 10.5. The third kappa shape index (κ3) is 5.02. The average Bonchev–Trinajstić information content (AvgIpc) is 3.44. The van der Waals surface area contributed by atoms with Crippen LogP contribution in [0.2, 0.25) is 0 Å². The number of hydrogen-bond donors (Lipinski definition) is 3. The number of anilines is 3. The molecule has 0 saturated carbocycles. The van der Waals surface area contributed by atoms with Crippen molar-refractivity contribution in [2.24, 2.45) is 0 Å². The maximum Gasteiger partial charge on any atom is 0.325 e. The molecule has 0 saturated heterocycles. The van der Waals surface area contributed by atoms with E-state index < -0.39 is 0 Å². The van der Waals surface area contributed by atoms with Crippen LogP contribution in [0.5, 0.6) is 0 Å². The Kier molecular flexibility index (Phi) is 6.67. The number of benzene rings is 2. The number of urea groups is 1. The fraction of sp³-hybridized carbons (Fsp3) is 0.0833. The Morgan fingerprint density at radius 2 is 1.74 bits per heavy atom. The van der Waals surface area contributed by atoms with Gasteiger partial charge in [0.1, 0.15) is 12.1 Å². The molecule has 2 aromatic carbocycles. The van der Waals surface area contributed by atoms with Crippen LogP contribution in [0.15, 0.2) is 77.6 Å². The second-order valence-electron chi connectivity index (χ2n) is 7.27. The van der Waals surface area contributed by atoms with Gasteiger partial charge in [0.25, 0.3) is 0 Å². The number of amides is 2. The van der Waals surface area contributed by atoms with Crippen LogP contribution in [0.25, 0.3) is 22.4 Å². The maximum absolute atomic E-state index is 12.2. The molecule has 3 N–H and O–H groups in total. The van der Waals surface area contributed by atoms with Gasteiger partial charge in [-0.25, -0.2) is 19.7 Å². The summed E-state index contributed by atoms with van der Waals surface area (Å²) in [6.07, 6.45) is 4.00. The zero-order valence-electron chi connectivity index (χ0n) is 17.8.